The highest BCUT2D eigenvalue weighted by molar-refractivity contribution is 5.87. The fraction of sp³-hybridized carbons (Fsp3) is 0.524. The van der Waals surface area contributed by atoms with Gasteiger partial charge in [-0.15, -0.1) is 0 Å². The third-order valence-electron chi connectivity index (χ3n) is 5.29. The molecule has 5 nitrogen and oxygen atoms in total. The normalized spacial score (nSPS) is 16.4. The summed E-state index contributed by atoms with van der Waals surface area (Å²) in [5, 5.41) is 13.6. The lowest BCUT2D eigenvalue weighted by Crippen LogP contribution is -2.39. The summed E-state index contributed by atoms with van der Waals surface area (Å²) in [5.41, 5.74) is 3.29. The van der Waals surface area contributed by atoms with E-state index < -0.39 is 5.97 Å². The summed E-state index contributed by atoms with van der Waals surface area (Å²) in [4.78, 5) is 23.5. The maximum absolute atomic E-state index is 12.2. The van der Waals surface area contributed by atoms with E-state index in [0.29, 0.717) is 6.42 Å². The molecular weight excluding hydrogens is 328 g/mol. The molecule has 0 unspecified atom stereocenters. The van der Waals surface area contributed by atoms with Crippen molar-refractivity contribution in [3.8, 4) is 0 Å². The molecule has 2 N–H and O–H groups in total. The predicted molar refractivity (Wildman–Crippen MR) is 102 cm³/mol. The molecule has 0 saturated heterocycles. The molecule has 0 aliphatic heterocycles. The van der Waals surface area contributed by atoms with Crippen LogP contribution >= 0.6 is 0 Å². The van der Waals surface area contributed by atoms with Crippen molar-refractivity contribution in [3.63, 3.8) is 0 Å². The molecule has 1 aliphatic rings. The molecule has 1 aliphatic carbocycles. The Labute approximate surface area is 154 Å². The lowest BCUT2D eigenvalue weighted by molar-refractivity contribution is -0.137. The molecule has 3 rings (SSSR count). The zero-order chi connectivity index (χ0) is 18.5. The average molecular weight is 356 g/mol. The third-order valence-corrected chi connectivity index (χ3v) is 5.29. The van der Waals surface area contributed by atoms with Gasteiger partial charge in [0.15, 0.2) is 0 Å². The topological polar surface area (TPSA) is 71.3 Å². The highest BCUT2D eigenvalue weighted by Gasteiger charge is 2.26. The van der Waals surface area contributed by atoms with Crippen LogP contribution in [0.2, 0.25) is 0 Å². The highest BCUT2D eigenvalue weighted by Crippen LogP contribution is 2.32. The Morgan fingerprint density at radius 3 is 2.81 bits per heavy atom. The standard InChI is InChI=1S/C21H28N2O3/c1-2-3-4-5-10-20(24)22-15-11-12-19-17(13-15)16-8-6-7-9-18(16)23(19)14-21(25)26/h6-9,15H,2-5,10-14H2,1H3,(H,22,24)(H,25,26)/t15-/m0/s1. The van der Waals surface area contributed by atoms with E-state index in [9.17, 15) is 14.7 Å². The number of nitrogens with zero attached hydrogens (tertiary/aromatic N) is 1. The van der Waals surface area contributed by atoms with Gasteiger partial charge in [-0.3, -0.25) is 9.59 Å². The summed E-state index contributed by atoms with van der Waals surface area (Å²) < 4.78 is 1.93. The summed E-state index contributed by atoms with van der Waals surface area (Å²) in [6, 6.07) is 8.12. The van der Waals surface area contributed by atoms with Crippen molar-refractivity contribution in [2.45, 2.75) is 70.9 Å². The number of amides is 1. The second-order valence-electron chi connectivity index (χ2n) is 7.24. The van der Waals surface area contributed by atoms with Gasteiger partial charge in [0, 0.05) is 29.1 Å². The molecular formula is C21H28N2O3. The Morgan fingerprint density at radius 1 is 1.23 bits per heavy atom. The number of hydrogen-bond donors (Lipinski definition) is 2. The molecule has 1 aromatic heterocycles. The van der Waals surface area contributed by atoms with E-state index in [-0.39, 0.29) is 18.5 Å². The molecule has 2 aromatic rings. The van der Waals surface area contributed by atoms with Gasteiger partial charge >= 0.3 is 5.97 Å². The molecule has 0 bridgehead atoms. The molecule has 1 heterocycles. The maximum atomic E-state index is 12.2. The lowest BCUT2D eigenvalue weighted by Gasteiger charge is -2.25. The first-order valence-corrected chi connectivity index (χ1v) is 9.70. The number of rotatable bonds is 8. The molecule has 26 heavy (non-hydrogen) atoms. The van der Waals surface area contributed by atoms with Crippen molar-refractivity contribution < 1.29 is 14.7 Å². The van der Waals surface area contributed by atoms with Crippen LogP contribution in [-0.2, 0) is 29.0 Å². The molecule has 0 saturated carbocycles. The SMILES string of the molecule is CCCCCCC(=O)N[C@H]1CCc2c(c3ccccc3n2CC(=O)O)C1. The molecule has 0 radical (unpaired) electrons. The minimum atomic E-state index is -0.823. The van der Waals surface area contributed by atoms with Crippen molar-refractivity contribution in [1.82, 2.24) is 9.88 Å². The minimum absolute atomic E-state index is 0.00962. The van der Waals surface area contributed by atoms with Crippen molar-refractivity contribution in [2.75, 3.05) is 0 Å². The molecule has 1 amide bonds. The van der Waals surface area contributed by atoms with Gasteiger partial charge in [0.25, 0.3) is 0 Å². The number of hydrogen-bond acceptors (Lipinski definition) is 2. The quantitative estimate of drug-likeness (QED) is 0.709. The van der Waals surface area contributed by atoms with Crippen molar-refractivity contribution in [2.24, 2.45) is 0 Å². The minimum Gasteiger partial charge on any atom is -0.480 e. The van der Waals surface area contributed by atoms with Gasteiger partial charge in [-0.1, -0.05) is 44.4 Å². The van der Waals surface area contributed by atoms with Gasteiger partial charge in [-0.05, 0) is 37.3 Å². The van der Waals surface area contributed by atoms with Crippen LogP contribution in [0, 0.1) is 0 Å². The zero-order valence-corrected chi connectivity index (χ0v) is 15.5. The van der Waals surface area contributed by atoms with E-state index in [1.165, 1.54) is 18.4 Å². The first-order valence-electron chi connectivity index (χ1n) is 9.70. The second-order valence-corrected chi connectivity index (χ2v) is 7.24. The van der Waals surface area contributed by atoms with Gasteiger partial charge in [-0.2, -0.15) is 0 Å². The van der Waals surface area contributed by atoms with E-state index >= 15 is 0 Å². The van der Waals surface area contributed by atoms with Crippen LogP contribution in [0.4, 0.5) is 0 Å². The van der Waals surface area contributed by atoms with E-state index in [1.807, 2.05) is 22.8 Å². The largest absolute Gasteiger partial charge is 0.480 e. The fourth-order valence-corrected chi connectivity index (χ4v) is 4.05. The van der Waals surface area contributed by atoms with Crippen LogP contribution in [0.15, 0.2) is 24.3 Å². The van der Waals surface area contributed by atoms with Crippen molar-refractivity contribution >= 4 is 22.8 Å². The van der Waals surface area contributed by atoms with Gasteiger partial charge in [0.2, 0.25) is 5.91 Å². The van der Waals surface area contributed by atoms with E-state index in [4.69, 9.17) is 0 Å². The van der Waals surface area contributed by atoms with Gasteiger partial charge in [-0.25, -0.2) is 0 Å². The number of benzene rings is 1. The molecule has 5 heteroatoms. The Kier molecular flexibility index (Phi) is 5.96. The smallest absolute Gasteiger partial charge is 0.323 e. The first-order chi connectivity index (χ1) is 12.6. The summed E-state index contributed by atoms with van der Waals surface area (Å²) in [7, 11) is 0. The second kappa shape index (κ2) is 8.39. The first kappa shape index (κ1) is 18.5. The van der Waals surface area contributed by atoms with E-state index in [2.05, 4.69) is 18.3 Å². The van der Waals surface area contributed by atoms with Crippen LogP contribution in [0.3, 0.4) is 0 Å². The Morgan fingerprint density at radius 2 is 2.04 bits per heavy atom. The van der Waals surface area contributed by atoms with E-state index in [0.717, 1.165) is 48.7 Å². The molecule has 0 fully saturated rings. The van der Waals surface area contributed by atoms with E-state index in [1.54, 1.807) is 0 Å². The van der Waals surface area contributed by atoms with Gasteiger partial charge in [0.1, 0.15) is 6.54 Å². The molecule has 1 atom stereocenters. The number of carboxylic acids is 1. The monoisotopic (exact) mass is 356 g/mol. The Balaban J connectivity index is 1.72. The average Bonchev–Trinajstić information content (AvgIpc) is 2.92. The number of aliphatic carboxylic acids is 1. The van der Waals surface area contributed by atoms with Crippen molar-refractivity contribution in [1.29, 1.82) is 0 Å². The number of carbonyl (C=O) groups is 2. The number of aromatic nitrogens is 1. The third kappa shape index (κ3) is 4.09. The number of carboxylic acid groups (broad SMARTS) is 1. The molecule has 0 spiro atoms. The summed E-state index contributed by atoms with van der Waals surface area (Å²) >= 11 is 0. The summed E-state index contributed by atoms with van der Waals surface area (Å²) in [6.45, 7) is 2.16. The van der Waals surface area contributed by atoms with Crippen molar-refractivity contribution in [3.05, 3.63) is 35.5 Å². The number of carbonyl (C=O) groups excluding carboxylic acids is 1. The van der Waals surface area contributed by atoms with Crippen LogP contribution < -0.4 is 5.32 Å². The Bertz CT molecular complexity index is 794. The number of nitrogens with one attached hydrogen (secondary N) is 1. The lowest BCUT2D eigenvalue weighted by atomic mass is 9.91. The number of unbranched alkanes of at least 4 members (excludes halogenated alkanes) is 3. The van der Waals surface area contributed by atoms with Gasteiger partial charge in [0.05, 0.1) is 0 Å². The zero-order valence-electron chi connectivity index (χ0n) is 15.5. The van der Waals surface area contributed by atoms with Crippen LogP contribution in [-0.4, -0.2) is 27.6 Å². The van der Waals surface area contributed by atoms with Crippen LogP contribution in [0.25, 0.3) is 10.9 Å². The maximum Gasteiger partial charge on any atom is 0.323 e. The summed E-state index contributed by atoms with van der Waals surface area (Å²) in [6.07, 6.45) is 7.47. The molecule has 1 aromatic carbocycles. The molecule has 140 valence electrons. The van der Waals surface area contributed by atoms with Crippen LogP contribution in [0.1, 0.15) is 56.7 Å². The number of fused-ring (bicyclic) bond motifs is 3. The highest BCUT2D eigenvalue weighted by atomic mass is 16.4. The van der Waals surface area contributed by atoms with Crippen LogP contribution in [0.5, 0.6) is 0 Å². The predicted octanol–water partition coefficient (Wildman–Crippen LogP) is 3.67. The number of para-hydroxylation sites is 1. The fourth-order valence-electron chi connectivity index (χ4n) is 4.05. The summed E-state index contributed by atoms with van der Waals surface area (Å²) in [5.74, 6) is -0.681. The van der Waals surface area contributed by atoms with Gasteiger partial charge < -0.3 is 15.0 Å². The Hall–Kier alpha value is -2.30.